The van der Waals surface area contributed by atoms with E-state index in [0.29, 0.717) is 24.8 Å². The number of halogens is 1. The fourth-order valence-corrected chi connectivity index (χ4v) is 3.62. The minimum atomic E-state index is 0. The number of likely N-dealkylation sites (tertiary alicyclic amines) is 1. The molecule has 0 unspecified atom stereocenters. The number of amides is 1. The number of carbonyl (C=O) groups is 1. The minimum Gasteiger partial charge on any atom is -0.497 e. The molecule has 0 bridgehead atoms. The quantitative estimate of drug-likeness (QED) is 0.763. The summed E-state index contributed by atoms with van der Waals surface area (Å²) < 4.78 is 5.13. The van der Waals surface area contributed by atoms with Crippen molar-refractivity contribution < 1.29 is 9.53 Å². The predicted molar refractivity (Wildman–Crippen MR) is 112 cm³/mol. The van der Waals surface area contributed by atoms with E-state index >= 15 is 0 Å². The molecule has 2 aromatic rings. The van der Waals surface area contributed by atoms with E-state index in [9.17, 15) is 4.79 Å². The number of nitrogens with zero attached hydrogens (tertiary/aromatic N) is 1. The number of nitrogens with two attached hydrogens (primary N) is 1. The van der Waals surface area contributed by atoms with Crippen LogP contribution in [0.4, 0.5) is 5.69 Å². The van der Waals surface area contributed by atoms with Crippen molar-refractivity contribution in [2.75, 3.05) is 38.6 Å². The SMILES string of the molecule is COc1ccc(NC(=O)CCN2C[C@@H](CN)[C@H](c3ccccc3)C2)cc1.Cl. The molecule has 3 N–H and O–H groups in total. The molecule has 146 valence electrons. The normalized spacial score (nSPS) is 19.3. The van der Waals surface area contributed by atoms with Crippen LogP contribution in [-0.2, 0) is 4.79 Å². The zero-order valence-corrected chi connectivity index (χ0v) is 16.5. The van der Waals surface area contributed by atoms with E-state index < -0.39 is 0 Å². The zero-order valence-electron chi connectivity index (χ0n) is 15.6. The van der Waals surface area contributed by atoms with Gasteiger partial charge in [-0.05, 0) is 42.3 Å². The molecule has 1 aliphatic rings. The Morgan fingerprint density at radius 1 is 1.15 bits per heavy atom. The largest absolute Gasteiger partial charge is 0.497 e. The molecule has 2 aromatic carbocycles. The summed E-state index contributed by atoms with van der Waals surface area (Å²) >= 11 is 0. The van der Waals surface area contributed by atoms with Crippen LogP contribution in [0.1, 0.15) is 17.9 Å². The van der Waals surface area contributed by atoms with Gasteiger partial charge in [-0.2, -0.15) is 0 Å². The zero-order chi connectivity index (χ0) is 18.4. The Balaban J connectivity index is 0.00000261. The summed E-state index contributed by atoms with van der Waals surface area (Å²) in [6.07, 6.45) is 0.477. The average molecular weight is 390 g/mol. The van der Waals surface area contributed by atoms with E-state index in [1.807, 2.05) is 30.3 Å². The van der Waals surface area contributed by atoms with Crippen LogP contribution < -0.4 is 15.8 Å². The van der Waals surface area contributed by atoms with Gasteiger partial charge in [0.25, 0.3) is 0 Å². The third-order valence-corrected chi connectivity index (χ3v) is 5.08. The molecule has 0 radical (unpaired) electrons. The van der Waals surface area contributed by atoms with Gasteiger partial charge in [0.15, 0.2) is 0 Å². The Hall–Kier alpha value is -2.08. The molecule has 1 fully saturated rings. The first-order valence-electron chi connectivity index (χ1n) is 9.11. The van der Waals surface area contributed by atoms with Gasteiger partial charge in [-0.15, -0.1) is 12.4 Å². The Bertz CT molecular complexity index is 709. The first-order valence-corrected chi connectivity index (χ1v) is 9.11. The molecule has 0 aliphatic carbocycles. The maximum absolute atomic E-state index is 12.2. The fraction of sp³-hybridized carbons (Fsp3) is 0.381. The number of methoxy groups -OCH3 is 1. The van der Waals surface area contributed by atoms with Crippen molar-refractivity contribution in [1.29, 1.82) is 0 Å². The molecular formula is C21H28ClN3O2. The highest BCUT2D eigenvalue weighted by molar-refractivity contribution is 5.90. The van der Waals surface area contributed by atoms with Crippen LogP contribution in [0.3, 0.4) is 0 Å². The second-order valence-corrected chi connectivity index (χ2v) is 6.80. The molecular weight excluding hydrogens is 362 g/mol. The number of hydrogen-bond donors (Lipinski definition) is 2. The van der Waals surface area contributed by atoms with E-state index in [0.717, 1.165) is 31.1 Å². The lowest BCUT2D eigenvalue weighted by Gasteiger charge is -2.16. The third-order valence-electron chi connectivity index (χ3n) is 5.08. The first kappa shape index (κ1) is 21.2. The van der Waals surface area contributed by atoms with Crippen LogP contribution in [0, 0.1) is 5.92 Å². The summed E-state index contributed by atoms with van der Waals surface area (Å²) in [7, 11) is 1.63. The monoisotopic (exact) mass is 389 g/mol. The van der Waals surface area contributed by atoms with E-state index in [2.05, 4.69) is 34.5 Å². The molecule has 6 heteroatoms. The number of rotatable bonds is 7. The van der Waals surface area contributed by atoms with Crippen LogP contribution in [0.15, 0.2) is 54.6 Å². The molecule has 27 heavy (non-hydrogen) atoms. The number of hydrogen-bond acceptors (Lipinski definition) is 4. The lowest BCUT2D eigenvalue weighted by molar-refractivity contribution is -0.116. The van der Waals surface area contributed by atoms with Crippen molar-refractivity contribution in [2.45, 2.75) is 12.3 Å². The second kappa shape index (κ2) is 10.3. The van der Waals surface area contributed by atoms with Gasteiger partial charge in [0.1, 0.15) is 5.75 Å². The summed E-state index contributed by atoms with van der Waals surface area (Å²) in [6.45, 7) is 3.34. The van der Waals surface area contributed by atoms with E-state index in [1.165, 1.54) is 5.56 Å². The van der Waals surface area contributed by atoms with Crippen LogP contribution in [0.25, 0.3) is 0 Å². The van der Waals surface area contributed by atoms with E-state index in [-0.39, 0.29) is 18.3 Å². The van der Waals surface area contributed by atoms with Crippen LogP contribution in [0.2, 0.25) is 0 Å². The molecule has 1 amide bonds. The summed E-state index contributed by atoms with van der Waals surface area (Å²) in [5, 5.41) is 2.94. The van der Waals surface area contributed by atoms with Crippen molar-refractivity contribution in [2.24, 2.45) is 11.7 Å². The minimum absolute atomic E-state index is 0. The maximum atomic E-state index is 12.2. The summed E-state index contributed by atoms with van der Waals surface area (Å²) in [4.78, 5) is 14.6. The molecule has 0 saturated carbocycles. The van der Waals surface area contributed by atoms with Gasteiger partial charge in [0, 0.05) is 37.7 Å². The number of ether oxygens (including phenoxy) is 1. The third kappa shape index (κ3) is 5.70. The highest BCUT2D eigenvalue weighted by Gasteiger charge is 2.32. The number of nitrogens with one attached hydrogen (secondary N) is 1. The fourth-order valence-electron chi connectivity index (χ4n) is 3.62. The number of anilines is 1. The second-order valence-electron chi connectivity index (χ2n) is 6.80. The smallest absolute Gasteiger partial charge is 0.225 e. The lowest BCUT2D eigenvalue weighted by atomic mass is 9.89. The molecule has 3 rings (SSSR count). The highest BCUT2D eigenvalue weighted by Crippen LogP contribution is 2.31. The molecule has 2 atom stereocenters. The van der Waals surface area contributed by atoms with Gasteiger partial charge in [-0.25, -0.2) is 0 Å². The molecule has 5 nitrogen and oxygen atoms in total. The maximum Gasteiger partial charge on any atom is 0.225 e. The van der Waals surface area contributed by atoms with Crippen LogP contribution in [0.5, 0.6) is 5.75 Å². The topological polar surface area (TPSA) is 67.6 Å². The van der Waals surface area contributed by atoms with Crippen molar-refractivity contribution in [3.8, 4) is 5.75 Å². The van der Waals surface area contributed by atoms with Crippen molar-refractivity contribution in [3.63, 3.8) is 0 Å². The van der Waals surface area contributed by atoms with Gasteiger partial charge in [0.05, 0.1) is 7.11 Å². The van der Waals surface area contributed by atoms with Gasteiger partial charge >= 0.3 is 0 Å². The molecule has 1 aliphatic heterocycles. The van der Waals surface area contributed by atoms with Gasteiger partial charge in [0.2, 0.25) is 5.91 Å². The summed E-state index contributed by atoms with van der Waals surface area (Å²) in [5.41, 5.74) is 8.12. The van der Waals surface area contributed by atoms with Crippen molar-refractivity contribution in [1.82, 2.24) is 4.90 Å². The van der Waals surface area contributed by atoms with Crippen molar-refractivity contribution >= 4 is 24.0 Å². The van der Waals surface area contributed by atoms with E-state index in [4.69, 9.17) is 10.5 Å². The molecule has 0 aromatic heterocycles. The van der Waals surface area contributed by atoms with Gasteiger partial charge in [-0.1, -0.05) is 30.3 Å². The summed E-state index contributed by atoms with van der Waals surface area (Å²) in [6, 6.07) is 17.9. The van der Waals surface area contributed by atoms with Crippen LogP contribution in [-0.4, -0.2) is 44.1 Å². The average Bonchev–Trinajstić information content (AvgIpc) is 3.11. The lowest BCUT2D eigenvalue weighted by Crippen LogP contribution is -2.27. The molecule has 1 saturated heterocycles. The number of benzene rings is 2. The molecule has 1 heterocycles. The standard InChI is InChI=1S/C21H27N3O2.ClH/c1-26-19-9-7-18(8-10-19)23-21(25)11-12-24-14-17(13-22)20(15-24)16-5-3-2-4-6-16;/h2-10,17,20H,11-15,22H2,1H3,(H,23,25);1H/t17-,20+;/m1./s1. The van der Waals surface area contributed by atoms with E-state index in [1.54, 1.807) is 7.11 Å². The molecule has 0 spiro atoms. The van der Waals surface area contributed by atoms with Crippen LogP contribution >= 0.6 is 12.4 Å². The highest BCUT2D eigenvalue weighted by atomic mass is 35.5. The van der Waals surface area contributed by atoms with Gasteiger partial charge in [-0.3, -0.25) is 4.79 Å². The first-order chi connectivity index (χ1) is 12.7. The Labute approximate surface area is 167 Å². The Morgan fingerprint density at radius 3 is 2.48 bits per heavy atom. The summed E-state index contributed by atoms with van der Waals surface area (Å²) in [5.74, 6) is 1.70. The van der Waals surface area contributed by atoms with Gasteiger partial charge < -0.3 is 20.7 Å². The Morgan fingerprint density at radius 2 is 1.85 bits per heavy atom. The predicted octanol–water partition coefficient (Wildman–Crippen LogP) is 3.12. The Kier molecular flexibility index (Phi) is 8.10. The number of carbonyl (C=O) groups excluding carboxylic acids is 1. The van der Waals surface area contributed by atoms with Crippen molar-refractivity contribution in [3.05, 3.63) is 60.2 Å².